The van der Waals surface area contributed by atoms with Crippen molar-refractivity contribution < 1.29 is 0 Å². The van der Waals surface area contributed by atoms with Crippen LogP contribution in [0.4, 0.5) is 0 Å². The first kappa shape index (κ1) is 15.1. The molecular weight excluding hydrogens is 302 g/mol. The van der Waals surface area contributed by atoms with Gasteiger partial charge in [-0.3, -0.25) is 14.4 Å². The van der Waals surface area contributed by atoms with Crippen molar-refractivity contribution in [1.29, 1.82) is 0 Å². The number of benzene rings is 1. The molecule has 0 saturated heterocycles. The lowest BCUT2D eigenvalue weighted by Crippen LogP contribution is -2.29. The number of hydrogen-bond acceptors (Lipinski definition) is 4. The topological polar surface area (TPSA) is 66.8 Å². The molecule has 0 saturated carbocycles. The molecule has 0 amide bonds. The number of nitrogens with zero attached hydrogens (tertiary/aromatic N) is 4. The molecule has 2 aromatic heterocycles. The summed E-state index contributed by atoms with van der Waals surface area (Å²) in [6.07, 6.45) is 5.03. The van der Waals surface area contributed by atoms with Crippen LogP contribution in [-0.4, -0.2) is 31.7 Å². The van der Waals surface area contributed by atoms with Crippen LogP contribution in [0, 0.1) is 0 Å². The molecule has 1 atom stereocenters. The third kappa shape index (κ3) is 2.53. The van der Waals surface area contributed by atoms with Gasteiger partial charge in [-0.05, 0) is 37.4 Å². The van der Waals surface area contributed by atoms with Gasteiger partial charge in [-0.25, -0.2) is 4.98 Å². The fourth-order valence-corrected chi connectivity index (χ4v) is 3.69. The molecule has 0 spiro atoms. The molecule has 3 aromatic rings. The fraction of sp³-hybridized carbons (Fsp3) is 0.389. The van der Waals surface area contributed by atoms with E-state index >= 15 is 0 Å². The maximum absolute atomic E-state index is 12.2. The molecule has 6 heteroatoms. The highest BCUT2D eigenvalue weighted by atomic mass is 16.1. The summed E-state index contributed by atoms with van der Waals surface area (Å²) in [6.45, 7) is 0.607. The van der Waals surface area contributed by atoms with Crippen LogP contribution in [0.5, 0.6) is 0 Å². The minimum Gasteiger partial charge on any atom is -0.309 e. The van der Waals surface area contributed by atoms with Crippen molar-refractivity contribution in [2.75, 3.05) is 7.05 Å². The highest BCUT2D eigenvalue weighted by Gasteiger charge is 2.24. The van der Waals surface area contributed by atoms with Crippen molar-refractivity contribution in [2.24, 2.45) is 7.05 Å². The summed E-state index contributed by atoms with van der Waals surface area (Å²) >= 11 is 0. The Morgan fingerprint density at radius 3 is 3.08 bits per heavy atom. The molecule has 0 unspecified atom stereocenters. The second-order valence-electron chi connectivity index (χ2n) is 6.54. The van der Waals surface area contributed by atoms with Gasteiger partial charge in [0.05, 0.1) is 12.7 Å². The molecule has 4 rings (SSSR count). The predicted octanol–water partition coefficient (Wildman–Crippen LogP) is 2.17. The van der Waals surface area contributed by atoms with E-state index < -0.39 is 0 Å². The maximum atomic E-state index is 12.2. The van der Waals surface area contributed by atoms with Gasteiger partial charge in [-0.2, -0.15) is 5.10 Å². The van der Waals surface area contributed by atoms with E-state index in [0.29, 0.717) is 29.4 Å². The van der Waals surface area contributed by atoms with Crippen LogP contribution >= 0.6 is 0 Å². The van der Waals surface area contributed by atoms with E-state index in [9.17, 15) is 4.79 Å². The first-order valence-corrected chi connectivity index (χ1v) is 8.32. The van der Waals surface area contributed by atoms with Gasteiger partial charge in [0.25, 0.3) is 5.56 Å². The van der Waals surface area contributed by atoms with Crippen LogP contribution < -0.4 is 5.56 Å². The standard InChI is InChI=1S/C18H21N5O/c1-22(15-9-5-7-12-6-3-4-8-13(12)15)11-16-20-17-14(18(24)21-16)10-19-23(17)2/h3-4,6,8,10,15H,5,7,9,11H2,1-2H3,(H,20,21,24)/t15-/m1/s1. The van der Waals surface area contributed by atoms with Gasteiger partial charge in [-0.1, -0.05) is 24.3 Å². The van der Waals surface area contributed by atoms with E-state index in [1.54, 1.807) is 17.9 Å². The van der Waals surface area contributed by atoms with Crippen molar-refractivity contribution in [3.05, 3.63) is 57.8 Å². The van der Waals surface area contributed by atoms with Crippen molar-refractivity contribution in [3.8, 4) is 0 Å². The van der Waals surface area contributed by atoms with Crippen molar-refractivity contribution >= 4 is 11.0 Å². The Morgan fingerprint density at radius 1 is 1.38 bits per heavy atom. The van der Waals surface area contributed by atoms with E-state index in [-0.39, 0.29) is 5.56 Å². The predicted molar refractivity (Wildman–Crippen MR) is 92.7 cm³/mol. The van der Waals surface area contributed by atoms with Gasteiger partial charge in [0, 0.05) is 13.1 Å². The van der Waals surface area contributed by atoms with Crippen LogP contribution in [0.25, 0.3) is 11.0 Å². The van der Waals surface area contributed by atoms with Gasteiger partial charge >= 0.3 is 0 Å². The summed E-state index contributed by atoms with van der Waals surface area (Å²) in [5.74, 6) is 0.682. The monoisotopic (exact) mass is 323 g/mol. The number of rotatable bonds is 3. The Morgan fingerprint density at radius 2 is 2.21 bits per heavy atom. The average molecular weight is 323 g/mol. The largest absolute Gasteiger partial charge is 0.309 e. The molecular formula is C18H21N5O. The maximum Gasteiger partial charge on any atom is 0.262 e. The normalized spacial score (nSPS) is 17.4. The molecule has 124 valence electrons. The van der Waals surface area contributed by atoms with E-state index in [2.05, 4.69) is 51.3 Å². The number of nitrogens with one attached hydrogen (secondary N) is 1. The molecule has 0 aliphatic heterocycles. The summed E-state index contributed by atoms with van der Waals surface area (Å²) in [4.78, 5) is 22.0. The van der Waals surface area contributed by atoms with Gasteiger partial charge < -0.3 is 4.98 Å². The number of fused-ring (bicyclic) bond motifs is 2. The van der Waals surface area contributed by atoms with Crippen LogP contribution in [0.1, 0.15) is 35.8 Å². The summed E-state index contributed by atoms with van der Waals surface area (Å²) in [7, 11) is 3.90. The molecule has 1 aliphatic carbocycles. The smallest absolute Gasteiger partial charge is 0.262 e. The van der Waals surface area contributed by atoms with E-state index in [0.717, 1.165) is 12.8 Å². The Balaban J connectivity index is 1.64. The minimum atomic E-state index is -0.124. The molecule has 6 nitrogen and oxygen atoms in total. The Bertz CT molecular complexity index is 942. The van der Waals surface area contributed by atoms with E-state index in [1.165, 1.54) is 17.5 Å². The first-order valence-electron chi connectivity index (χ1n) is 8.32. The van der Waals surface area contributed by atoms with Crippen LogP contribution in [-0.2, 0) is 20.0 Å². The van der Waals surface area contributed by atoms with Gasteiger partial charge in [-0.15, -0.1) is 0 Å². The zero-order chi connectivity index (χ0) is 16.7. The quantitative estimate of drug-likeness (QED) is 0.802. The molecule has 1 N–H and O–H groups in total. The molecule has 2 heterocycles. The lowest BCUT2D eigenvalue weighted by molar-refractivity contribution is 0.208. The molecule has 1 aliphatic rings. The van der Waals surface area contributed by atoms with Gasteiger partial charge in [0.1, 0.15) is 11.2 Å². The summed E-state index contributed by atoms with van der Waals surface area (Å²) < 4.78 is 1.64. The molecule has 0 bridgehead atoms. The number of aromatic nitrogens is 4. The lowest BCUT2D eigenvalue weighted by atomic mass is 9.87. The highest BCUT2D eigenvalue weighted by Crippen LogP contribution is 2.33. The molecule has 1 aromatic carbocycles. The van der Waals surface area contributed by atoms with Crippen LogP contribution in [0.15, 0.2) is 35.3 Å². The zero-order valence-electron chi connectivity index (χ0n) is 14.0. The van der Waals surface area contributed by atoms with E-state index in [4.69, 9.17) is 0 Å². The summed E-state index contributed by atoms with van der Waals surface area (Å²) in [5, 5.41) is 4.65. The van der Waals surface area contributed by atoms with Gasteiger partial charge in [0.15, 0.2) is 5.65 Å². The van der Waals surface area contributed by atoms with Crippen LogP contribution in [0.2, 0.25) is 0 Å². The Hall–Kier alpha value is -2.47. The third-order valence-corrected chi connectivity index (χ3v) is 4.92. The van der Waals surface area contributed by atoms with Gasteiger partial charge in [0.2, 0.25) is 0 Å². The molecule has 0 radical (unpaired) electrons. The lowest BCUT2D eigenvalue weighted by Gasteiger charge is -2.33. The number of H-pyrrole nitrogens is 1. The SMILES string of the molecule is CN(Cc1nc2c(cnn2C)c(=O)[nH]1)[C@@H]1CCCc2ccccc21. The van der Waals surface area contributed by atoms with Crippen molar-refractivity contribution in [2.45, 2.75) is 31.8 Å². The number of hydrogen-bond donors (Lipinski definition) is 1. The number of aryl methyl sites for hydroxylation is 2. The first-order chi connectivity index (χ1) is 11.6. The highest BCUT2D eigenvalue weighted by molar-refractivity contribution is 5.72. The molecule has 24 heavy (non-hydrogen) atoms. The summed E-state index contributed by atoms with van der Waals surface area (Å²) in [5.41, 5.74) is 3.34. The van der Waals surface area contributed by atoms with Crippen molar-refractivity contribution in [3.63, 3.8) is 0 Å². The van der Waals surface area contributed by atoms with Crippen LogP contribution in [0.3, 0.4) is 0 Å². The average Bonchev–Trinajstić information content (AvgIpc) is 2.96. The second kappa shape index (κ2) is 5.87. The Labute approximate surface area is 140 Å². The fourth-order valence-electron chi connectivity index (χ4n) is 3.69. The zero-order valence-corrected chi connectivity index (χ0v) is 14.0. The third-order valence-electron chi connectivity index (χ3n) is 4.92. The minimum absolute atomic E-state index is 0.124. The van der Waals surface area contributed by atoms with E-state index in [1.807, 2.05) is 0 Å². The summed E-state index contributed by atoms with van der Waals surface area (Å²) in [6, 6.07) is 9.01. The second-order valence-corrected chi connectivity index (χ2v) is 6.54. The molecule has 0 fully saturated rings. The Kier molecular flexibility index (Phi) is 3.69. The number of aromatic amines is 1. The van der Waals surface area contributed by atoms with Crippen molar-refractivity contribution in [1.82, 2.24) is 24.6 Å².